The average molecular weight is 259 g/mol. The van der Waals surface area contributed by atoms with Crippen LogP contribution in [0.1, 0.15) is 18.5 Å². The molecule has 1 N–H and O–H groups in total. The monoisotopic (exact) mass is 259 g/mol. The molecule has 1 aliphatic rings. The number of rotatable bonds is 2. The number of nitrogens with one attached hydrogen (secondary N) is 1. The van der Waals surface area contributed by atoms with Crippen LogP contribution in [0.4, 0.5) is 19.0 Å². The number of alkyl halides is 3. The van der Waals surface area contributed by atoms with Crippen molar-refractivity contribution >= 4 is 5.82 Å². The topological polar surface area (TPSA) is 28.2 Å². The highest BCUT2D eigenvalue weighted by Crippen LogP contribution is 2.29. The number of hydrogen-bond acceptors (Lipinski definition) is 3. The Bertz CT molecular complexity index is 398. The molecule has 0 atom stereocenters. The van der Waals surface area contributed by atoms with Crippen molar-refractivity contribution in [2.45, 2.75) is 25.1 Å². The molecule has 18 heavy (non-hydrogen) atoms. The lowest BCUT2D eigenvalue weighted by atomic mass is 10.1. The van der Waals surface area contributed by atoms with E-state index in [1.807, 2.05) is 11.9 Å². The van der Waals surface area contributed by atoms with Crippen molar-refractivity contribution in [1.82, 2.24) is 10.3 Å². The Morgan fingerprint density at radius 2 is 1.94 bits per heavy atom. The van der Waals surface area contributed by atoms with E-state index in [1.165, 1.54) is 6.07 Å². The molecule has 0 radical (unpaired) electrons. The Morgan fingerprint density at radius 3 is 2.50 bits per heavy atom. The van der Waals surface area contributed by atoms with Gasteiger partial charge in [-0.3, -0.25) is 0 Å². The second-order valence-electron chi connectivity index (χ2n) is 4.43. The molecule has 1 aromatic rings. The van der Waals surface area contributed by atoms with Gasteiger partial charge in [-0.2, -0.15) is 13.2 Å². The minimum absolute atomic E-state index is 0.416. The predicted molar refractivity (Wildman–Crippen MR) is 63.5 cm³/mol. The van der Waals surface area contributed by atoms with E-state index >= 15 is 0 Å². The summed E-state index contributed by atoms with van der Waals surface area (Å²) >= 11 is 0. The fraction of sp³-hybridized carbons (Fsp3) is 0.583. The molecule has 0 aliphatic carbocycles. The van der Waals surface area contributed by atoms with Crippen molar-refractivity contribution in [3.8, 4) is 0 Å². The molecule has 2 heterocycles. The summed E-state index contributed by atoms with van der Waals surface area (Å²) in [6.45, 7) is 1.47. The molecule has 3 nitrogen and oxygen atoms in total. The van der Waals surface area contributed by atoms with Crippen molar-refractivity contribution in [1.29, 1.82) is 0 Å². The van der Waals surface area contributed by atoms with Crippen LogP contribution in [0.5, 0.6) is 0 Å². The van der Waals surface area contributed by atoms with Gasteiger partial charge in [0.05, 0.1) is 0 Å². The quantitative estimate of drug-likeness (QED) is 0.883. The third-order valence-electron chi connectivity index (χ3n) is 3.25. The van der Waals surface area contributed by atoms with Crippen LogP contribution in [0.15, 0.2) is 18.2 Å². The Hall–Kier alpha value is -1.30. The zero-order valence-electron chi connectivity index (χ0n) is 10.2. The third kappa shape index (κ3) is 2.93. The molecule has 0 bridgehead atoms. The molecule has 0 saturated carbocycles. The van der Waals surface area contributed by atoms with Gasteiger partial charge in [-0.05, 0) is 32.0 Å². The van der Waals surface area contributed by atoms with Gasteiger partial charge in [-0.15, -0.1) is 0 Å². The fourth-order valence-electron chi connectivity index (χ4n) is 2.15. The number of piperidine rings is 1. The molecule has 100 valence electrons. The molecule has 1 aliphatic heterocycles. The summed E-state index contributed by atoms with van der Waals surface area (Å²) in [5, 5.41) is 3.18. The molecular weight excluding hydrogens is 243 g/mol. The smallest absolute Gasteiger partial charge is 0.356 e. The van der Waals surface area contributed by atoms with E-state index in [2.05, 4.69) is 10.3 Å². The summed E-state index contributed by atoms with van der Waals surface area (Å²) in [5.74, 6) is 0.416. The summed E-state index contributed by atoms with van der Waals surface area (Å²) in [5.41, 5.74) is -0.823. The lowest BCUT2D eigenvalue weighted by Gasteiger charge is -2.32. The molecule has 1 aromatic heterocycles. The summed E-state index contributed by atoms with van der Waals surface area (Å²) < 4.78 is 37.7. The Labute approximate surface area is 104 Å². The Balaban J connectivity index is 2.10. The maximum absolute atomic E-state index is 12.6. The van der Waals surface area contributed by atoms with Gasteiger partial charge in [0.2, 0.25) is 0 Å². The van der Waals surface area contributed by atoms with E-state index in [0.29, 0.717) is 11.9 Å². The molecule has 1 saturated heterocycles. The van der Waals surface area contributed by atoms with Crippen LogP contribution in [0, 0.1) is 0 Å². The standard InChI is InChI=1S/C12H16F3N3/c1-16-9-5-7-18(8-6-9)11-4-2-3-10(17-11)12(13,14)15/h2-4,9,16H,5-8H2,1H3. The molecular formula is C12H16F3N3. The normalized spacial score (nSPS) is 18.1. The van der Waals surface area contributed by atoms with Crippen LogP contribution >= 0.6 is 0 Å². The van der Waals surface area contributed by atoms with Gasteiger partial charge >= 0.3 is 6.18 Å². The van der Waals surface area contributed by atoms with Crippen molar-refractivity contribution in [2.75, 3.05) is 25.0 Å². The van der Waals surface area contributed by atoms with E-state index in [4.69, 9.17) is 0 Å². The van der Waals surface area contributed by atoms with Crippen molar-refractivity contribution in [2.24, 2.45) is 0 Å². The Morgan fingerprint density at radius 1 is 1.28 bits per heavy atom. The lowest BCUT2D eigenvalue weighted by Crippen LogP contribution is -2.41. The van der Waals surface area contributed by atoms with E-state index < -0.39 is 11.9 Å². The number of pyridine rings is 1. The number of nitrogens with zero attached hydrogens (tertiary/aromatic N) is 2. The van der Waals surface area contributed by atoms with Gasteiger partial charge in [0.15, 0.2) is 0 Å². The molecule has 0 spiro atoms. The van der Waals surface area contributed by atoms with Gasteiger partial charge in [0.25, 0.3) is 0 Å². The highest BCUT2D eigenvalue weighted by molar-refractivity contribution is 5.40. The summed E-state index contributed by atoms with van der Waals surface area (Å²) in [7, 11) is 1.91. The van der Waals surface area contributed by atoms with Crippen LogP contribution in [0.3, 0.4) is 0 Å². The first-order valence-electron chi connectivity index (χ1n) is 5.97. The largest absolute Gasteiger partial charge is 0.433 e. The first-order chi connectivity index (χ1) is 8.50. The lowest BCUT2D eigenvalue weighted by molar-refractivity contribution is -0.141. The highest BCUT2D eigenvalue weighted by Gasteiger charge is 2.33. The number of halogens is 3. The molecule has 2 rings (SSSR count). The van der Waals surface area contributed by atoms with Crippen LogP contribution in [0.25, 0.3) is 0 Å². The maximum atomic E-state index is 12.6. The number of hydrogen-bond donors (Lipinski definition) is 1. The second kappa shape index (κ2) is 5.14. The zero-order chi connectivity index (χ0) is 13.2. The third-order valence-corrected chi connectivity index (χ3v) is 3.25. The van der Waals surface area contributed by atoms with Gasteiger partial charge < -0.3 is 10.2 Å². The summed E-state index contributed by atoms with van der Waals surface area (Å²) in [6, 6.07) is 4.50. The Kier molecular flexibility index (Phi) is 3.75. The van der Waals surface area contributed by atoms with E-state index in [1.54, 1.807) is 6.07 Å². The van der Waals surface area contributed by atoms with Crippen molar-refractivity contribution in [3.05, 3.63) is 23.9 Å². The maximum Gasteiger partial charge on any atom is 0.433 e. The minimum Gasteiger partial charge on any atom is -0.356 e. The van der Waals surface area contributed by atoms with Crippen molar-refractivity contribution in [3.63, 3.8) is 0 Å². The zero-order valence-corrected chi connectivity index (χ0v) is 10.2. The fourth-order valence-corrected chi connectivity index (χ4v) is 2.15. The first kappa shape index (κ1) is 13.1. The average Bonchev–Trinajstić information content (AvgIpc) is 2.38. The van der Waals surface area contributed by atoms with Crippen LogP contribution < -0.4 is 10.2 Å². The minimum atomic E-state index is -4.38. The summed E-state index contributed by atoms with van der Waals surface area (Å²) in [6.07, 6.45) is -2.53. The molecule has 0 amide bonds. The highest BCUT2D eigenvalue weighted by atomic mass is 19.4. The van der Waals surface area contributed by atoms with E-state index in [9.17, 15) is 13.2 Å². The van der Waals surface area contributed by atoms with Gasteiger partial charge in [-0.25, -0.2) is 4.98 Å². The van der Waals surface area contributed by atoms with Crippen LogP contribution in [-0.2, 0) is 6.18 Å². The predicted octanol–water partition coefficient (Wildman–Crippen LogP) is 2.29. The van der Waals surface area contributed by atoms with Crippen LogP contribution in [0.2, 0.25) is 0 Å². The van der Waals surface area contributed by atoms with Crippen LogP contribution in [-0.4, -0.2) is 31.2 Å². The molecule has 1 fully saturated rings. The van der Waals surface area contributed by atoms with E-state index in [-0.39, 0.29) is 0 Å². The van der Waals surface area contributed by atoms with Crippen molar-refractivity contribution < 1.29 is 13.2 Å². The molecule has 6 heteroatoms. The first-order valence-corrected chi connectivity index (χ1v) is 5.97. The molecule has 0 aromatic carbocycles. The number of anilines is 1. The van der Waals surface area contributed by atoms with Gasteiger partial charge in [0.1, 0.15) is 11.5 Å². The SMILES string of the molecule is CNC1CCN(c2cccc(C(F)(F)F)n2)CC1. The van der Waals surface area contributed by atoms with Gasteiger partial charge in [-0.1, -0.05) is 6.07 Å². The molecule has 0 unspecified atom stereocenters. The van der Waals surface area contributed by atoms with Gasteiger partial charge in [0, 0.05) is 19.1 Å². The number of aromatic nitrogens is 1. The second-order valence-corrected chi connectivity index (χ2v) is 4.43. The summed E-state index contributed by atoms with van der Waals surface area (Å²) in [4.78, 5) is 5.60. The van der Waals surface area contributed by atoms with E-state index in [0.717, 1.165) is 32.0 Å².